The standard InChI is InChI=1S/C13H26N2/c1-9-5-6-13(12(9)4)15-8-10(2)14-7-11(15)3/h9-14H,5-8H2,1-4H3. The average Bonchev–Trinajstić information content (AvgIpc) is 2.52. The number of hydrogen-bond acceptors (Lipinski definition) is 2. The number of piperazine rings is 1. The molecule has 5 atom stereocenters. The first-order valence-corrected chi connectivity index (χ1v) is 6.58. The third-order valence-corrected chi connectivity index (χ3v) is 4.66. The van der Waals surface area contributed by atoms with Gasteiger partial charge < -0.3 is 5.32 Å². The van der Waals surface area contributed by atoms with Crippen molar-refractivity contribution in [1.82, 2.24) is 10.2 Å². The van der Waals surface area contributed by atoms with Gasteiger partial charge in [0.05, 0.1) is 0 Å². The zero-order valence-electron chi connectivity index (χ0n) is 10.7. The quantitative estimate of drug-likeness (QED) is 0.713. The van der Waals surface area contributed by atoms with Gasteiger partial charge in [-0.05, 0) is 38.5 Å². The highest BCUT2D eigenvalue weighted by Crippen LogP contribution is 2.35. The first-order valence-electron chi connectivity index (χ1n) is 6.58. The Balaban J connectivity index is 2.02. The molecule has 2 heteroatoms. The van der Waals surface area contributed by atoms with E-state index >= 15 is 0 Å². The van der Waals surface area contributed by atoms with Gasteiger partial charge in [-0.1, -0.05) is 13.8 Å². The van der Waals surface area contributed by atoms with Crippen LogP contribution in [0.25, 0.3) is 0 Å². The number of hydrogen-bond donors (Lipinski definition) is 1. The fraction of sp³-hybridized carbons (Fsp3) is 1.00. The van der Waals surface area contributed by atoms with E-state index in [-0.39, 0.29) is 0 Å². The number of nitrogens with zero attached hydrogens (tertiary/aromatic N) is 1. The van der Waals surface area contributed by atoms with Crippen molar-refractivity contribution in [1.29, 1.82) is 0 Å². The van der Waals surface area contributed by atoms with Gasteiger partial charge in [-0.15, -0.1) is 0 Å². The van der Waals surface area contributed by atoms with Crippen molar-refractivity contribution in [3.05, 3.63) is 0 Å². The monoisotopic (exact) mass is 210 g/mol. The minimum absolute atomic E-state index is 0.671. The van der Waals surface area contributed by atoms with E-state index in [9.17, 15) is 0 Å². The highest BCUT2D eigenvalue weighted by molar-refractivity contribution is 4.93. The summed E-state index contributed by atoms with van der Waals surface area (Å²) in [7, 11) is 0. The maximum Gasteiger partial charge on any atom is 0.0196 e. The van der Waals surface area contributed by atoms with E-state index in [0.717, 1.165) is 23.9 Å². The maximum atomic E-state index is 3.57. The van der Waals surface area contributed by atoms with E-state index in [2.05, 4.69) is 37.9 Å². The van der Waals surface area contributed by atoms with E-state index in [1.807, 2.05) is 0 Å². The van der Waals surface area contributed by atoms with Gasteiger partial charge in [0, 0.05) is 31.2 Å². The lowest BCUT2D eigenvalue weighted by Gasteiger charge is -2.43. The van der Waals surface area contributed by atoms with Crippen LogP contribution in [0.3, 0.4) is 0 Å². The molecule has 2 aliphatic rings. The molecule has 15 heavy (non-hydrogen) atoms. The Bertz CT molecular complexity index is 217. The third-order valence-electron chi connectivity index (χ3n) is 4.66. The summed E-state index contributed by atoms with van der Waals surface area (Å²) in [6.07, 6.45) is 2.84. The first-order chi connectivity index (χ1) is 7.09. The Morgan fingerprint density at radius 1 is 1.07 bits per heavy atom. The van der Waals surface area contributed by atoms with Crippen LogP contribution < -0.4 is 5.32 Å². The fourth-order valence-corrected chi connectivity index (χ4v) is 3.32. The summed E-state index contributed by atoms with van der Waals surface area (Å²) in [4.78, 5) is 2.76. The fourth-order valence-electron chi connectivity index (χ4n) is 3.32. The molecule has 2 fully saturated rings. The van der Waals surface area contributed by atoms with E-state index in [1.165, 1.54) is 25.9 Å². The highest BCUT2D eigenvalue weighted by atomic mass is 15.3. The summed E-state index contributed by atoms with van der Waals surface area (Å²) in [5.41, 5.74) is 0. The van der Waals surface area contributed by atoms with Crippen LogP contribution in [-0.4, -0.2) is 36.1 Å². The second-order valence-corrected chi connectivity index (χ2v) is 5.84. The molecule has 0 amide bonds. The van der Waals surface area contributed by atoms with Crippen molar-refractivity contribution < 1.29 is 0 Å². The van der Waals surface area contributed by atoms with Gasteiger partial charge in [0.1, 0.15) is 0 Å². The number of rotatable bonds is 1. The molecule has 0 bridgehead atoms. The minimum atomic E-state index is 0.671. The topological polar surface area (TPSA) is 15.3 Å². The smallest absolute Gasteiger partial charge is 0.0196 e. The van der Waals surface area contributed by atoms with Gasteiger partial charge >= 0.3 is 0 Å². The van der Waals surface area contributed by atoms with Crippen molar-refractivity contribution in [3.63, 3.8) is 0 Å². The Labute approximate surface area is 94.4 Å². The molecular formula is C13H26N2. The molecule has 0 aromatic carbocycles. The summed E-state index contributed by atoms with van der Waals surface area (Å²) < 4.78 is 0. The van der Waals surface area contributed by atoms with Gasteiger partial charge in [0.25, 0.3) is 0 Å². The molecule has 1 aliphatic carbocycles. The summed E-state index contributed by atoms with van der Waals surface area (Å²) in [5.74, 6) is 1.81. The molecule has 2 nitrogen and oxygen atoms in total. The van der Waals surface area contributed by atoms with Crippen molar-refractivity contribution in [2.45, 2.75) is 58.7 Å². The van der Waals surface area contributed by atoms with Gasteiger partial charge in [-0.3, -0.25) is 4.90 Å². The maximum absolute atomic E-state index is 3.57. The van der Waals surface area contributed by atoms with Gasteiger partial charge in [-0.25, -0.2) is 0 Å². The predicted octanol–water partition coefficient (Wildman–Crippen LogP) is 2.10. The molecule has 0 radical (unpaired) electrons. The summed E-state index contributed by atoms with van der Waals surface area (Å²) >= 11 is 0. The second-order valence-electron chi connectivity index (χ2n) is 5.84. The Kier molecular flexibility index (Phi) is 3.36. The summed E-state index contributed by atoms with van der Waals surface area (Å²) in [5, 5.41) is 3.57. The van der Waals surface area contributed by atoms with Crippen LogP contribution in [-0.2, 0) is 0 Å². The molecule has 5 unspecified atom stereocenters. The number of nitrogens with one attached hydrogen (secondary N) is 1. The van der Waals surface area contributed by atoms with Crippen molar-refractivity contribution in [3.8, 4) is 0 Å². The Morgan fingerprint density at radius 2 is 1.80 bits per heavy atom. The van der Waals surface area contributed by atoms with E-state index in [0.29, 0.717) is 6.04 Å². The van der Waals surface area contributed by atoms with Crippen LogP contribution in [0, 0.1) is 11.8 Å². The van der Waals surface area contributed by atoms with E-state index < -0.39 is 0 Å². The van der Waals surface area contributed by atoms with Gasteiger partial charge in [-0.2, -0.15) is 0 Å². The molecule has 0 aromatic heterocycles. The van der Waals surface area contributed by atoms with Crippen LogP contribution in [0.2, 0.25) is 0 Å². The average molecular weight is 210 g/mol. The summed E-state index contributed by atoms with van der Waals surface area (Å²) in [6, 6.07) is 2.24. The van der Waals surface area contributed by atoms with Crippen LogP contribution in [0.1, 0.15) is 40.5 Å². The lowest BCUT2D eigenvalue weighted by atomic mass is 9.95. The van der Waals surface area contributed by atoms with Crippen LogP contribution >= 0.6 is 0 Å². The molecule has 1 N–H and O–H groups in total. The van der Waals surface area contributed by atoms with Crippen LogP contribution in [0.15, 0.2) is 0 Å². The first kappa shape index (κ1) is 11.4. The molecule has 2 rings (SSSR count). The van der Waals surface area contributed by atoms with Crippen molar-refractivity contribution in [2.24, 2.45) is 11.8 Å². The Morgan fingerprint density at radius 3 is 2.40 bits per heavy atom. The Hall–Kier alpha value is -0.0800. The summed E-state index contributed by atoms with van der Waals surface area (Å²) in [6.45, 7) is 11.9. The van der Waals surface area contributed by atoms with Gasteiger partial charge in [0.15, 0.2) is 0 Å². The molecule has 0 spiro atoms. The van der Waals surface area contributed by atoms with Crippen LogP contribution in [0.5, 0.6) is 0 Å². The largest absolute Gasteiger partial charge is 0.311 e. The predicted molar refractivity (Wildman–Crippen MR) is 65.0 cm³/mol. The van der Waals surface area contributed by atoms with Crippen molar-refractivity contribution in [2.75, 3.05) is 13.1 Å². The highest BCUT2D eigenvalue weighted by Gasteiger charge is 2.37. The molecule has 0 aromatic rings. The van der Waals surface area contributed by atoms with Crippen molar-refractivity contribution >= 4 is 0 Å². The lowest BCUT2D eigenvalue weighted by Crippen LogP contribution is -2.58. The molecule has 88 valence electrons. The van der Waals surface area contributed by atoms with E-state index in [4.69, 9.17) is 0 Å². The molecular weight excluding hydrogens is 184 g/mol. The molecule has 1 saturated heterocycles. The molecule has 1 aliphatic heterocycles. The van der Waals surface area contributed by atoms with Gasteiger partial charge in [0.2, 0.25) is 0 Å². The van der Waals surface area contributed by atoms with Crippen LogP contribution in [0.4, 0.5) is 0 Å². The lowest BCUT2D eigenvalue weighted by molar-refractivity contribution is 0.0732. The molecule has 1 heterocycles. The zero-order valence-corrected chi connectivity index (χ0v) is 10.7. The zero-order chi connectivity index (χ0) is 11.0. The minimum Gasteiger partial charge on any atom is -0.311 e. The molecule has 1 saturated carbocycles. The SMILES string of the molecule is CC1CN(C2CCC(C)C2C)C(C)CN1. The normalized spacial score (nSPS) is 48.4. The second kappa shape index (κ2) is 4.42. The third kappa shape index (κ3) is 2.21. The van der Waals surface area contributed by atoms with E-state index in [1.54, 1.807) is 0 Å².